The van der Waals surface area contributed by atoms with Crippen molar-refractivity contribution in [1.29, 1.82) is 0 Å². The van der Waals surface area contributed by atoms with Gasteiger partial charge in [0, 0.05) is 23.3 Å². The molecule has 0 spiro atoms. The van der Waals surface area contributed by atoms with Gasteiger partial charge in [0.05, 0.1) is 33.4 Å². The average molecular weight is 608 g/mol. The van der Waals surface area contributed by atoms with Gasteiger partial charge >= 0.3 is 5.97 Å². The molecule has 0 radical (unpaired) electrons. The highest BCUT2D eigenvalue weighted by Gasteiger charge is 2.35. The van der Waals surface area contributed by atoms with Crippen molar-refractivity contribution in [2.75, 3.05) is 6.61 Å². The monoisotopic (exact) mass is 607 g/mol. The van der Waals surface area contributed by atoms with Crippen LogP contribution >= 0.6 is 22.9 Å². The van der Waals surface area contributed by atoms with E-state index in [1.807, 2.05) is 32.0 Å². The van der Waals surface area contributed by atoms with Gasteiger partial charge in [-0.3, -0.25) is 19.5 Å². The largest absolute Gasteiger partial charge is 0.491 e. The summed E-state index contributed by atoms with van der Waals surface area (Å²) in [5.41, 5.74) is 1.16. The van der Waals surface area contributed by atoms with Gasteiger partial charge in [0.25, 0.3) is 11.2 Å². The number of allylic oxidation sites excluding steroid dienone is 1. The van der Waals surface area contributed by atoms with E-state index in [-0.39, 0.29) is 34.6 Å². The van der Waals surface area contributed by atoms with Gasteiger partial charge in [0.2, 0.25) is 0 Å². The summed E-state index contributed by atoms with van der Waals surface area (Å²) in [6.07, 6.45) is 1.43. The Morgan fingerprint density at radius 2 is 2.00 bits per heavy atom. The number of ether oxygens (including phenoxy) is 2. The predicted octanol–water partition coefficient (Wildman–Crippen LogP) is 5.41. The lowest BCUT2D eigenvalue weighted by Crippen LogP contribution is -2.40. The highest BCUT2D eigenvalue weighted by Crippen LogP contribution is 2.36. The Bertz CT molecular complexity index is 1920. The van der Waals surface area contributed by atoms with Gasteiger partial charge in [0.1, 0.15) is 28.3 Å². The standard InChI is InChI=1S/C30H26ClN3O7S/c1-5-39-29(36)26-17(4)32-30-33(27(26)20-8-6-7-9-24(20)40-16(2)3)28(35)25(42-30)15-19-11-13-23(41-19)18-10-12-21(31)22(14-18)34(37)38/h6-16,27H,5H2,1-4H3/b25-15-/t27-/m1/s1. The molecule has 1 atom stereocenters. The summed E-state index contributed by atoms with van der Waals surface area (Å²) < 4.78 is 19.2. The molecule has 0 N–H and O–H groups in total. The molecule has 2 aromatic heterocycles. The number of para-hydroxylation sites is 1. The third-order valence-electron chi connectivity index (χ3n) is 6.42. The zero-order chi connectivity index (χ0) is 30.1. The fourth-order valence-electron chi connectivity index (χ4n) is 4.67. The number of esters is 1. The molecule has 0 unspecified atom stereocenters. The number of nitrogens with zero attached hydrogens (tertiary/aromatic N) is 3. The lowest BCUT2D eigenvalue weighted by Gasteiger charge is -2.26. The van der Waals surface area contributed by atoms with Crippen LogP contribution in [0.4, 0.5) is 5.69 Å². The van der Waals surface area contributed by atoms with E-state index in [1.165, 1.54) is 16.7 Å². The van der Waals surface area contributed by atoms with Crippen molar-refractivity contribution in [2.24, 2.45) is 4.99 Å². The molecule has 0 saturated heterocycles. The molecule has 42 heavy (non-hydrogen) atoms. The van der Waals surface area contributed by atoms with Crippen LogP contribution in [0.1, 0.15) is 45.1 Å². The molecule has 0 aliphatic carbocycles. The summed E-state index contributed by atoms with van der Waals surface area (Å²) in [5.74, 6) is 0.697. The van der Waals surface area contributed by atoms with E-state index in [9.17, 15) is 19.7 Å². The van der Waals surface area contributed by atoms with E-state index < -0.39 is 16.9 Å². The molecule has 12 heteroatoms. The number of rotatable bonds is 8. The van der Waals surface area contributed by atoms with Crippen molar-refractivity contribution in [3.8, 4) is 17.1 Å². The van der Waals surface area contributed by atoms with Crippen LogP contribution in [0.3, 0.4) is 0 Å². The quantitative estimate of drug-likeness (QED) is 0.149. The topological polar surface area (TPSA) is 126 Å². The lowest BCUT2D eigenvalue weighted by molar-refractivity contribution is -0.384. The second-order valence-corrected chi connectivity index (χ2v) is 11.0. The van der Waals surface area contributed by atoms with Crippen LogP contribution < -0.4 is 19.6 Å². The van der Waals surface area contributed by atoms with Crippen LogP contribution in [0.2, 0.25) is 5.02 Å². The first-order valence-electron chi connectivity index (χ1n) is 13.1. The molecule has 1 aliphatic rings. The molecular formula is C30H26ClN3O7S. The second kappa shape index (κ2) is 11.8. The first kappa shape index (κ1) is 29.0. The molecule has 10 nitrogen and oxygen atoms in total. The minimum atomic E-state index is -0.834. The summed E-state index contributed by atoms with van der Waals surface area (Å²) in [4.78, 5) is 42.9. The van der Waals surface area contributed by atoms with Crippen LogP contribution in [-0.4, -0.2) is 28.2 Å². The molecule has 4 aromatic rings. The Morgan fingerprint density at radius 1 is 1.24 bits per heavy atom. The first-order chi connectivity index (χ1) is 20.1. The van der Waals surface area contributed by atoms with Gasteiger partial charge < -0.3 is 13.9 Å². The van der Waals surface area contributed by atoms with Gasteiger partial charge in [-0.15, -0.1) is 0 Å². The predicted molar refractivity (Wildman–Crippen MR) is 158 cm³/mol. The Balaban J connectivity index is 1.64. The highest BCUT2D eigenvalue weighted by molar-refractivity contribution is 7.07. The smallest absolute Gasteiger partial charge is 0.338 e. The van der Waals surface area contributed by atoms with E-state index >= 15 is 0 Å². The van der Waals surface area contributed by atoms with E-state index in [4.69, 9.17) is 25.5 Å². The van der Waals surface area contributed by atoms with Crippen molar-refractivity contribution in [2.45, 2.75) is 39.8 Å². The Morgan fingerprint density at radius 3 is 2.71 bits per heavy atom. The fourth-order valence-corrected chi connectivity index (χ4v) is 5.89. The summed E-state index contributed by atoms with van der Waals surface area (Å²) in [6, 6.07) is 14.1. The fraction of sp³-hybridized carbons (Fsp3) is 0.233. The Hall–Kier alpha value is -4.48. The number of benzene rings is 2. The summed E-state index contributed by atoms with van der Waals surface area (Å²) in [6.45, 7) is 7.39. The molecule has 216 valence electrons. The molecule has 0 fully saturated rings. The van der Waals surface area contributed by atoms with Gasteiger partial charge in [-0.25, -0.2) is 9.79 Å². The number of carbonyl (C=O) groups excluding carboxylic acids is 1. The number of furan rings is 1. The van der Waals surface area contributed by atoms with Gasteiger partial charge in [-0.05, 0) is 58.0 Å². The zero-order valence-electron chi connectivity index (χ0n) is 23.1. The molecule has 1 aliphatic heterocycles. The van der Waals surface area contributed by atoms with E-state index in [0.29, 0.717) is 43.4 Å². The molecule has 3 heterocycles. The van der Waals surface area contributed by atoms with E-state index in [0.717, 1.165) is 11.3 Å². The Labute approximate surface area is 248 Å². The zero-order valence-corrected chi connectivity index (χ0v) is 24.7. The normalized spacial score (nSPS) is 15.0. The number of hydrogen-bond acceptors (Lipinski definition) is 9. The first-order valence-corrected chi connectivity index (χ1v) is 14.3. The third kappa shape index (κ3) is 5.53. The van der Waals surface area contributed by atoms with Crippen LogP contribution in [0, 0.1) is 10.1 Å². The van der Waals surface area contributed by atoms with E-state index in [2.05, 4.69) is 4.99 Å². The van der Waals surface area contributed by atoms with Crippen molar-refractivity contribution < 1.29 is 23.6 Å². The SMILES string of the molecule is CCOC(=O)C1=C(C)N=c2s/c(=C\c3ccc(-c4ccc(Cl)c([N+](=O)[O-])c4)o3)c(=O)n2[C@@H]1c1ccccc1OC(C)C. The maximum atomic E-state index is 13.9. The lowest BCUT2D eigenvalue weighted by atomic mass is 9.95. The number of aromatic nitrogens is 1. The second-order valence-electron chi connectivity index (χ2n) is 9.63. The molecular weight excluding hydrogens is 582 g/mol. The number of fused-ring (bicyclic) bond motifs is 1. The molecule has 5 rings (SSSR count). The van der Waals surface area contributed by atoms with Crippen molar-refractivity contribution in [1.82, 2.24) is 4.57 Å². The van der Waals surface area contributed by atoms with Crippen molar-refractivity contribution in [3.63, 3.8) is 0 Å². The van der Waals surface area contributed by atoms with E-state index in [1.54, 1.807) is 44.2 Å². The van der Waals surface area contributed by atoms with Gasteiger partial charge in [0.15, 0.2) is 4.80 Å². The van der Waals surface area contributed by atoms with Crippen molar-refractivity contribution in [3.05, 3.63) is 112 Å². The molecule has 2 aromatic carbocycles. The third-order valence-corrected chi connectivity index (χ3v) is 7.72. The molecule has 0 amide bonds. The molecule has 0 saturated carbocycles. The maximum Gasteiger partial charge on any atom is 0.338 e. The summed E-state index contributed by atoms with van der Waals surface area (Å²) >= 11 is 7.10. The van der Waals surface area contributed by atoms with Crippen LogP contribution in [-0.2, 0) is 9.53 Å². The van der Waals surface area contributed by atoms with Crippen LogP contribution in [0.25, 0.3) is 17.4 Å². The molecule has 0 bridgehead atoms. The average Bonchev–Trinajstić information content (AvgIpc) is 3.52. The van der Waals surface area contributed by atoms with Gasteiger partial charge in [-0.2, -0.15) is 0 Å². The highest BCUT2D eigenvalue weighted by atomic mass is 35.5. The van der Waals surface area contributed by atoms with Crippen LogP contribution in [0.5, 0.6) is 5.75 Å². The maximum absolute atomic E-state index is 13.9. The van der Waals surface area contributed by atoms with Crippen LogP contribution in [0.15, 0.2) is 80.1 Å². The van der Waals surface area contributed by atoms with Crippen molar-refractivity contribution >= 4 is 40.7 Å². The minimum absolute atomic E-state index is 0.0176. The number of nitro benzene ring substituents is 1. The number of nitro groups is 1. The minimum Gasteiger partial charge on any atom is -0.491 e. The number of thiazole rings is 1. The number of carbonyl (C=O) groups is 1. The summed E-state index contributed by atoms with van der Waals surface area (Å²) in [5, 5.41) is 11.3. The Kier molecular flexibility index (Phi) is 8.15. The van der Waals surface area contributed by atoms with Gasteiger partial charge in [-0.1, -0.05) is 41.1 Å². The summed E-state index contributed by atoms with van der Waals surface area (Å²) in [7, 11) is 0. The number of halogens is 1. The number of hydrogen-bond donors (Lipinski definition) is 0.